The zero-order chi connectivity index (χ0) is 15.3. The molecule has 1 atom stereocenters. The quantitative estimate of drug-likeness (QED) is 0.790. The van der Waals surface area contributed by atoms with E-state index in [1.54, 1.807) is 25.2 Å². The number of hydrogen-bond acceptors (Lipinski definition) is 4. The third kappa shape index (κ3) is 3.72. The second kappa shape index (κ2) is 7.07. The van der Waals surface area contributed by atoms with Gasteiger partial charge in [0.2, 0.25) is 0 Å². The van der Waals surface area contributed by atoms with E-state index in [9.17, 15) is 9.90 Å². The first-order chi connectivity index (χ1) is 9.34. The van der Waals surface area contributed by atoms with E-state index in [2.05, 4.69) is 30.7 Å². The van der Waals surface area contributed by atoms with Gasteiger partial charge in [-0.2, -0.15) is 0 Å². The molecule has 114 valence electrons. The summed E-state index contributed by atoms with van der Waals surface area (Å²) in [6, 6.07) is 0.425. The summed E-state index contributed by atoms with van der Waals surface area (Å²) in [5.74, 6) is -0.835. The zero-order valence-corrected chi connectivity index (χ0v) is 14.0. The molecule has 20 heavy (non-hydrogen) atoms. The van der Waals surface area contributed by atoms with Gasteiger partial charge in [-0.3, -0.25) is 4.79 Å². The number of carboxylic acids is 1. The SMILES string of the molecule is CCCCN(c1nc(C(C)(C)C(=O)O)cs1)C(C)CC. The summed E-state index contributed by atoms with van der Waals surface area (Å²) in [7, 11) is 0. The maximum Gasteiger partial charge on any atom is 0.315 e. The van der Waals surface area contributed by atoms with Gasteiger partial charge in [-0.15, -0.1) is 11.3 Å². The second-order valence-electron chi connectivity index (χ2n) is 5.75. The van der Waals surface area contributed by atoms with Crippen molar-refractivity contribution in [1.29, 1.82) is 0 Å². The number of hydrogen-bond donors (Lipinski definition) is 1. The van der Waals surface area contributed by atoms with Crippen molar-refractivity contribution in [2.45, 2.75) is 65.3 Å². The highest BCUT2D eigenvalue weighted by Crippen LogP contribution is 2.30. The van der Waals surface area contributed by atoms with Crippen molar-refractivity contribution in [3.05, 3.63) is 11.1 Å². The lowest BCUT2D eigenvalue weighted by Gasteiger charge is -2.28. The summed E-state index contributed by atoms with van der Waals surface area (Å²) in [5, 5.41) is 12.1. The lowest BCUT2D eigenvalue weighted by atomic mass is 9.90. The predicted octanol–water partition coefficient (Wildman–Crippen LogP) is 3.91. The van der Waals surface area contributed by atoms with Crippen LogP contribution >= 0.6 is 11.3 Å². The number of carboxylic acid groups (broad SMARTS) is 1. The van der Waals surface area contributed by atoms with E-state index in [4.69, 9.17) is 0 Å². The van der Waals surface area contributed by atoms with E-state index in [0.717, 1.165) is 30.9 Å². The molecule has 1 heterocycles. The number of thiazole rings is 1. The van der Waals surface area contributed by atoms with Gasteiger partial charge in [-0.25, -0.2) is 4.98 Å². The summed E-state index contributed by atoms with van der Waals surface area (Å²) in [6.07, 6.45) is 3.33. The minimum absolute atomic E-state index is 0.425. The Balaban J connectivity index is 2.99. The molecule has 5 heteroatoms. The van der Waals surface area contributed by atoms with Crippen molar-refractivity contribution < 1.29 is 9.90 Å². The van der Waals surface area contributed by atoms with Gasteiger partial charge in [-0.1, -0.05) is 20.3 Å². The summed E-state index contributed by atoms with van der Waals surface area (Å²) in [5.41, 5.74) is -0.282. The van der Waals surface area contributed by atoms with Crippen LogP contribution in [0.2, 0.25) is 0 Å². The van der Waals surface area contributed by atoms with Crippen LogP contribution in [0.15, 0.2) is 5.38 Å². The van der Waals surface area contributed by atoms with Crippen molar-refractivity contribution in [1.82, 2.24) is 4.98 Å². The predicted molar refractivity (Wildman–Crippen MR) is 84.8 cm³/mol. The third-order valence-electron chi connectivity index (χ3n) is 3.79. The molecular weight excluding hydrogens is 272 g/mol. The van der Waals surface area contributed by atoms with Crippen LogP contribution in [0.25, 0.3) is 0 Å². The molecule has 0 aromatic carbocycles. The average Bonchev–Trinajstić information content (AvgIpc) is 2.88. The summed E-state index contributed by atoms with van der Waals surface area (Å²) < 4.78 is 0. The Bertz CT molecular complexity index is 443. The third-order valence-corrected chi connectivity index (χ3v) is 4.67. The van der Waals surface area contributed by atoms with E-state index < -0.39 is 11.4 Å². The number of aromatic nitrogens is 1. The average molecular weight is 298 g/mol. The van der Waals surface area contributed by atoms with Gasteiger partial charge < -0.3 is 10.0 Å². The molecule has 0 aliphatic heterocycles. The van der Waals surface area contributed by atoms with Crippen LogP contribution in [-0.2, 0) is 10.2 Å². The fourth-order valence-corrected chi connectivity index (χ4v) is 2.97. The highest BCUT2D eigenvalue weighted by molar-refractivity contribution is 7.13. The Morgan fingerprint density at radius 3 is 2.65 bits per heavy atom. The normalized spacial score (nSPS) is 13.2. The number of rotatable bonds is 8. The van der Waals surface area contributed by atoms with Crippen LogP contribution in [0, 0.1) is 0 Å². The Kier molecular flexibility index (Phi) is 5.99. The maximum atomic E-state index is 11.3. The Labute approximate surface area is 125 Å². The smallest absolute Gasteiger partial charge is 0.315 e. The molecule has 1 aromatic rings. The molecule has 0 fully saturated rings. The largest absolute Gasteiger partial charge is 0.481 e. The zero-order valence-electron chi connectivity index (χ0n) is 13.1. The molecule has 4 nitrogen and oxygen atoms in total. The number of unbranched alkanes of at least 4 members (excludes halogenated alkanes) is 1. The number of nitrogens with zero attached hydrogens (tertiary/aromatic N) is 2. The molecule has 1 aromatic heterocycles. The van der Waals surface area contributed by atoms with E-state index in [1.165, 1.54) is 0 Å². The van der Waals surface area contributed by atoms with E-state index in [-0.39, 0.29) is 0 Å². The number of anilines is 1. The van der Waals surface area contributed by atoms with Gasteiger partial charge in [0.05, 0.1) is 5.69 Å². The Hall–Kier alpha value is -1.10. The molecule has 1 unspecified atom stereocenters. The monoisotopic (exact) mass is 298 g/mol. The van der Waals surface area contributed by atoms with Crippen LogP contribution in [0.1, 0.15) is 59.6 Å². The van der Waals surface area contributed by atoms with Crippen LogP contribution in [0.4, 0.5) is 5.13 Å². The molecule has 0 aliphatic carbocycles. The van der Waals surface area contributed by atoms with Gasteiger partial charge in [0.15, 0.2) is 5.13 Å². The molecule has 1 N–H and O–H groups in total. The van der Waals surface area contributed by atoms with Crippen molar-refractivity contribution >= 4 is 22.4 Å². The summed E-state index contributed by atoms with van der Waals surface area (Å²) in [6.45, 7) is 10.9. The van der Waals surface area contributed by atoms with Crippen LogP contribution in [-0.4, -0.2) is 28.6 Å². The molecule has 0 aliphatic rings. The minimum Gasteiger partial charge on any atom is -0.481 e. The molecule has 0 saturated carbocycles. The van der Waals surface area contributed by atoms with Crippen molar-refractivity contribution in [2.75, 3.05) is 11.4 Å². The van der Waals surface area contributed by atoms with Crippen molar-refractivity contribution in [3.8, 4) is 0 Å². The topological polar surface area (TPSA) is 53.4 Å². The fraction of sp³-hybridized carbons (Fsp3) is 0.733. The Morgan fingerprint density at radius 2 is 2.15 bits per heavy atom. The first kappa shape index (κ1) is 17.0. The first-order valence-electron chi connectivity index (χ1n) is 7.30. The first-order valence-corrected chi connectivity index (χ1v) is 8.18. The molecular formula is C15H26N2O2S. The summed E-state index contributed by atoms with van der Waals surface area (Å²) >= 11 is 1.55. The van der Waals surface area contributed by atoms with Gasteiger partial charge in [0.25, 0.3) is 0 Å². The molecule has 0 saturated heterocycles. The molecule has 0 radical (unpaired) electrons. The van der Waals surface area contributed by atoms with Gasteiger partial charge in [0.1, 0.15) is 5.41 Å². The fourth-order valence-electron chi connectivity index (χ4n) is 1.85. The van der Waals surface area contributed by atoms with E-state index in [1.807, 2.05) is 5.38 Å². The highest BCUT2D eigenvalue weighted by atomic mass is 32.1. The van der Waals surface area contributed by atoms with Gasteiger partial charge in [-0.05, 0) is 33.6 Å². The number of carbonyl (C=O) groups is 1. The molecule has 0 amide bonds. The van der Waals surface area contributed by atoms with Gasteiger partial charge in [0, 0.05) is 18.0 Å². The summed E-state index contributed by atoms with van der Waals surface area (Å²) in [4.78, 5) is 18.2. The van der Waals surface area contributed by atoms with Crippen LogP contribution in [0.3, 0.4) is 0 Å². The molecule has 1 rings (SSSR count). The van der Waals surface area contributed by atoms with E-state index >= 15 is 0 Å². The minimum atomic E-state index is -0.930. The molecule has 0 bridgehead atoms. The maximum absolute atomic E-state index is 11.3. The van der Waals surface area contributed by atoms with Gasteiger partial charge >= 0.3 is 5.97 Å². The molecule has 0 spiro atoms. The second-order valence-corrected chi connectivity index (χ2v) is 6.59. The highest BCUT2D eigenvalue weighted by Gasteiger charge is 2.32. The van der Waals surface area contributed by atoms with Crippen LogP contribution < -0.4 is 4.90 Å². The lowest BCUT2D eigenvalue weighted by molar-refractivity contribution is -0.142. The van der Waals surface area contributed by atoms with Crippen molar-refractivity contribution in [3.63, 3.8) is 0 Å². The van der Waals surface area contributed by atoms with Crippen LogP contribution in [0.5, 0.6) is 0 Å². The van der Waals surface area contributed by atoms with Crippen molar-refractivity contribution in [2.24, 2.45) is 0 Å². The lowest BCUT2D eigenvalue weighted by Crippen LogP contribution is -2.34. The standard InChI is InChI=1S/C15H26N2O2S/c1-6-8-9-17(11(3)7-2)14-16-12(10-20-14)15(4,5)13(18)19/h10-11H,6-9H2,1-5H3,(H,18,19). The Morgan fingerprint density at radius 1 is 1.50 bits per heavy atom. The van der Waals surface area contributed by atoms with E-state index in [0.29, 0.717) is 11.7 Å². The number of aliphatic carboxylic acids is 1.